The van der Waals surface area contributed by atoms with Crippen LogP contribution in [-0.2, 0) is 14.3 Å². The number of aliphatic hydroxyl groups excluding tert-OH is 6. The number of carbonyl (C=O) groups excluding carboxylic acids is 1. The Hall–Kier alpha value is -0.650. The maximum Gasteiger partial charge on any atom is 0.187 e. The number of rotatable bonds is 7. The average molecular weight is 310 g/mol. The molecule has 0 amide bonds. The Bertz CT molecular complexity index is 322. The van der Waals surface area contributed by atoms with Gasteiger partial charge in [-0.3, -0.25) is 0 Å². The van der Waals surface area contributed by atoms with E-state index < -0.39 is 55.6 Å². The molecule has 1 aliphatic heterocycles. The van der Waals surface area contributed by atoms with Gasteiger partial charge in [0, 0.05) is 6.42 Å². The normalized spacial score (nSPS) is 37.8. The molecule has 6 N–H and O–H groups in total. The van der Waals surface area contributed by atoms with Crippen LogP contribution >= 0.6 is 0 Å². The Morgan fingerprint density at radius 1 is 1.19 bits per heavy atom. The van der Waals surface area contributed by atoms with E-state index in [1.54, 1.807) is 0 Å². The molecule has 0 radical (unpaired) electrons. The van der Waals surface area contributed by atoms with Gasteiger partial charge in [0.05, 0.1) is 18.8 Å². The Balaban J connectivity index is 2.79. The summed E-state index contributed by atoms with van der Waals surface area (Å²) in [5.74, 6) is 0. The average Bonchev–Trinajstić information content (AvgIpc) is 2.44. The molecule has 1 heterocycles. The van der Waals surface area contributed by atoms with Gasteiger partial charge in [-0.1, -0.05) is 0 Å². The second-order valence-electron chi connectivity index (χ2n) is 5.01. The van der Waals surface area contributed by atoms with Gasteiger partial charge >= 0.3 is 0 Å². The van der Waals surface area contributed by atoms with E-state index in [1.807, 2.05) is 0 Å². The first-order valence-electron chi connectivity index (χ1n) is 6.59. The minimum Gasteiger partial charge on any atom is -0.394 e. The summed E-state index contributed by atoms with van der Waals surface area (Å²) >= 11 is 0. The van der Waals surface area contributed by atoms with Crippen LogP contribution in [0.3, 0.4) is 0 Å². The molecule has 8 atom stereocenters. The standard InChI is InChI=1S/C12H22O9/c1-5(15)11(6(16)2-3-13)21-12-10(19)9(18)8(17)7(4-14)20-12/h3,5-12,14-19H,2,4H2,1H3. The van der Waals surface area contributed by atoms with Gasteiger partial charge in [0.1, 0.15) is 36.8 Å². The Morgan fingerprint density at radius 3 is 2.29 bits per heavy atom. The third-order valence-electron chi connectivity index (χ3n) is 3.33. The monoisotopic (exact) mass is 310 g/mol. The molecule has 1 aliphatic rings. The smallest absolute Gasteiger partial charge is 0.187 e. The molecule has 0 saturated carbocycles. The van der Waals surface area contributed by atoms with Crippen LogP contribution in [0.2, 0.25) is 0 Å². The lowest BCUT2D eigenvalue weighted by molar-refractivity contribution is -0.322. The quantitative estimate of drug-likeness (QED) is 0.262. The summed E-state index contributed by atoms with van der Waals surface area (Å²) in [6, 6.07) is 0. The minimum atomic E-state index is -1.65. The van der Waals surface area contributed by atoms with E-state index in [-0.39, 0.29) is 6.42 Å². The van der Waals surface area contributed by atoms with Crippen molar-refractivity contribution in [3.05, 3.63) is 0 Å². The van der Waals surface area contributed by atoms with Crippen LogP contribution in [-0.4, -0.2) is 92.5 Å². The van der Waals surface area contributed by atoms with Crippen LogP contribution in [0.15, 0.2) is 0 Å². The molecule has 0 spiro atoms. The number of ether oxygens (including phenoxy) is 2. The highest BCUT2D eigenvalue weighted by molar-refractivity contribution is 5.50. The lowest BCUT2D eigenvalue weighted by Crippen LogP contribution is -2.60. The zero-order valence-electron chi connectivity index (χ0n) is 11.5. The second-order valence-corrected chi connectivity index (χ2v) is 5.01. The summed E-state index contributed by atoms with van der Waals surface area (Å²) in [5, 5.41) is 57.3. The summed E-state index contributed by atoms with van der Waals surface area (Å²) in [6.07, 6.45) is -11.1. The maximum absolute atomic E-state index is 10.4. The molecule has 9 heteroatoms. The van der Waals surface area contributed by atoms with Crippen molar-refractivity contribution >= 4 is 6.29 Å². The van der Waals surface area contributed by atoms with Gasteiger partial charge in [0.25, 0.3) is 0 Å². The van der Waals surface area contributed by atoms with E-state index >= 15 is 0 Å². The van der Waals surface area contributed by atoms with Gasteiger partial charge in [-0.05, 0) is 6.92 Å². The van der Waals surface area contributed by atoms with Crippen molar-refractivity contribution in [3.63, 3.8) is 0 Å². The summed E-state index contributed by atoms with van der Waals surface area (Å²) in [6.45, 7) is 0.684. The van der Waals surface area contributed by atoms with Crippen LogP contribution < -0.4 is 0 Å². The fourth-order valence-electron chi connectivity index (χ4n) is 2.09. The molecule has 1 fully saturated rings. The fourth-order valence-corrected chi connectivity index (χ4v) is 2.09. The van der Waals surface area contributed by atoms with Crippen LogP contribution in [0, 0.1) is 0 Å². The molecule has 21 heavy (non-hydrogen) atoms. The van der Waals surface area contributed by atoms with E-state index in [0.29, 0.717) is 6.29 Å². The molecular weight excluding hydrogens is 288 g/mol. The molecule has 0 aliphatic carbocycles. The van der Waals surface area contributed by atoms with Gasteiger partial charge in [-0.2, -0.15) is 0 Å². The Morgan fingerprint density at radius 2 is 1.81 bits per heavy atom. The lowest BCUT2D eigenvalue weighted by Gasteiger charge is -2.41. The van der Waals surface area contributed by atoms with E-state index in [0.717, 1.165) is 0 Å². The van der Waals surface area contributed by atoms with Gasteiger partial charge in [-0.25, -0.2) is 0 Å². The van der Waals surface area contributed by atoms with Crippen molar-refractivity contribution in [3.8, 4) is 0 Å². The van der Waals surface area contributed by atoms with Crippen molar-refractivity contribution in [2.24, 2.45) is 0 Å². The third kappa shape index (κ3) is 4.41. The number of carbonyl (C=O) groups is 1. The van der Waals surface area contributed by atoms with Crippen LogP contribution in [0.1, 0.15) is 13.3 Å². The molecule has 8 unspecified atom stereocenters. The molecule has 0 aromatic rings. The Kier molecular flexibility index (Phi) is 7.10. The van der Waals surface area contributed by atoms with E-state index in [1.165, 1.54) is 6.92 Å². The molecule has 1 saturated heterocycles. The van der Waals surface area contributed by atoms with E-state index in [9.17, 15) is 30.3 Å². The molecular formula is C12H22O9. The zero-order chi connectivity index (χ0) is 16.2. The van der Waals surface area contributed by atoms with Crippen molar-refractivity contribution in [2.45, 2.75) is 62.4 Å². The first-order chi connectivity index (χ1) is 9.83. The maximum atomic E-state index is 10.4. The topological polar surface area (TPSA) is 157 Å². The van der Waals surface area contributed by atoms with E-state index in [4.69, 9.17) is 14.6 Å². The van der Waals surface area contributed by atoms with Crippen molar-refractivity contribution < 1.29 is 44.9 Å². The number of aliphatic hydroxyl groups is 6. The van der Waals surface area contributed by atoms with Crippen molar-refractivity contribution in [1.29, 1.82) is 0 Å². The number of aldehydes is 1. The van der Waals surface area contributed by atoms with Crippen molar-refractivity contribution in [1.82, 2.24) is 0 Å². The van der Waals surface area contributed by atoms with E-state index in [2.05, 4.69) is 0 Å². The molecule has 0 bridgehead atoms. The largest absolute Gasteiger partial charge is 0.394 e. The van der Waals surface area contributed by atoms with Crippen LogP contribution in [0.5, 0.6) is 0 Å². The molecule has 1 rings (SSSR count). The molecule has 0 aromatic carbocycles. The summed E-state index contributed by atoms with van der Waals surface area (Å²) < 4.78 is 10.3. The van der Waals surface area contributed by atoms with Crippen molar-refractivity contribution in [2.75, 3.05) is 6.61 Å². The van der Waals surface area contributed by atoms with Crippen LogP contribution in [0.4, 0.5) is 0 Å². The predicted molar refractivity (Wildman–Crippen MR) is 67.0 cm³/mol. The fraction of sp³-hybridized carbons (Fsp3) is 0.917. The molecule has 9 nitrogen and oxygen atoms in total. The highest BCUT2D eigenvalue weighted by Crippen LogP contribution is 2.24. The SMILES string of the molecule is CC(O)C(OC1OC(CO)C(O)C(O)C1O)C(O)CC=O. The summed E-state index contributed by atoms with van der Waals surface area (Å²) in [4.78, 5) is 10.4. The number of hydrogen-bond donors (Lipinski definition) is 6. The lowest BCUT2D eigenvalue weighted by atomic mass is 9.99. The van der Waals surface area contributed by atoms with Gasteiger partial charge in [0.2, 0.25) is 0 Å². The first kappa shape index (κ1) is 18.4. The third-order valence-corrected chi connectivity index (χ3v) is 3.33. The zero-order valence-corrected chi connectivity index (χ0v) is 11.5. The first-order valence-corrected chi connectivity index (χ1v) is 6.59. The molecule has 0 aromatic heterocycles. The highest BCUT2D eigenvalue weighted by Gasteiger charge is 2.45. The highest BCUT2D eigenvalue weighted by atomic mass is 16.7. The summed E-state index contributed by atoms with van der Waals surface area (Å²) in [7, 11) is 0. The van der Waals surface area contributed by atoms with Gasteiger partial charge < -0.3 is 44.9 Å². The minimum absolute atomic E-state index is 0.299. The van der Waals surface area contributed by atoms with Gasteiger partial charge in [-0.15, -0.1) is 0 Å². The van der Waals surface area contributed by atoms with Gasteiger partial charge in [0.15, 0.2) is 6.29 Å². The summed E-state index contributed by atoms with van der Waals surface area (Å²) in [5.41, 5.74) is 0. The van der Waals surface area contributed by atoms with Crippen LogP contribution in [0.25, 0.3) is 0 Å². The second kappa shape index (κ2) is 8.11. The molecule has 124 valence electrons. The Labute approximate surface area is 121 Å². The predicted octanol–water partition coefficient (Wildman–Crippen LogP) is -3.50. The number of hydrogen-bond acceptors (Lipinski definition) is 9.